The smallest absolute Gasteiger partial charge is 0.306 e. The summed E-state index contributed by atoms with van der Waals surface area (Å²) in [5, 5.41) is 0. The highest BCUT2D eigenvalue weighted by Gasteiger charge is 2.25. The summed E-state index contributed by atoms with van der Waals surface area (Å²) in [7, 11) is 0. The molecule has 0 aliphatic carbocycles. The van der Waals surface area contributed by atoms with Crippen molar-refractivity contribution in [1.29, 1.82) is 0 Å². The molecule has 98 valence electrons. The van der Waals surface area contributed by atoms with Crippen molar-refractivity contribution in [2.45, 2.75) is 46.1 Å². The summed E-state index contributed by atoms with van der Waals surface area (Å²) in [5.41, 5.74) is -0.264. The minimum absolute atomic E-state index is 0.0505. The molecule has 4 heteroatoms. The molecule has 0 heterocycles. The molecule has 0 bridgehead atoms. The van der Waals surface area contributed by atoms with Crippen molar-refractivity contribution < 1.29 is 14.3 Å². The molecule has 0 N–H and O–H groups in total. The van der Waals surface area contributed by atoms with Gasteiger partial charge in [-0.2, -0.15) is 0 Å². The average molecular weight is 241 g/mol. The Hall–Kier alpha value is -1.32. The number of nitrogens with zero attached hydrogens (tertiary/aromatic N) is 1. The zero-order chi connectivity index (χ0) is 13.5. The molecule has 0 saturated heterocycles. The number of ether oxygens (including phenoxy) is 1. The van der Waals surface area contributed by atoms with Gasteiger partial charge < -0.3 is 9.64 Å². The summed E-state index contributed by atoms with van der Waals surface area (Å²) >= 11 is 0. The highest BCUT2D eigenvalue weighted by molar-refractivity contribution is 5.82. The largest absolute Gasteiger partial charge is 0.466 e. The van der Waals surface area contributed by atoms with Gasteiger partial charge in [-0.1, -0.05) is 6.08 Å². The fourth-order valence-corrected chi connectivity index (χ4v) is 1.46. The van der Waals surface area contributed by atoms with Crippen molar-refractivity contribution in [3.8, 4) is 0 Å². The standard InChI is InChI=1S/C13H23NO3/c1-6-10-14(13(3,4)5)11(15)8-9-12(16)17-7-2/h6H,1,7-10H2,2-5H3. The zero-order valence-corrected chi connectivity index (χ0v) is 11.3. The van der Waals surface area contributed by atoms with E-state index in [1.165, 1.54) is 0 Å². The summed E-state index contributed by atoms with van der Waals surface area (Å²) < 4.78 is 4.79. The van der Waals surface area contributed by atoms with Crippen LogP contribution >= 0.6 is 0 Å². The van der Waals surface area contributed by atoms with Crippen LogP contribution in [0.2, 0.25) is 0 Å². The van der Waals surface area contributed by atoms with Gasteiger partial charge in [-0.15, -0.1) is 6.58 Å². The Morgan fingerprint density at radius 1 is 1.29 bits per heavy atom. The van der Waals surface area contributed by atoms with E-state index >= 15 is 0 Å². The number of hydrogen-bond acceptors (Lipinski definition) is 3. The van der Waals surface area contributed by atoms with E-state index in [-0.39, 0.29) is 30.3 Å². The van der Waals surface area contributed by atoms with Crippen molar-refractivity contribution in [2.24, 2.45) is 0 Å². The molecule has 0 saturated carbocycles. The second kappa shape index (κ2) is 7.09. The predicted octanol–water partition coefficient (Wildman–Crippen LogP) is 2.14. The fraction of sp³-hybridized carbons (Fsp3) is 0.692. The molecule has 0 radical (unpaired) electrons. The summed E-state index contributed by atoms with van der Waals surface area (Å²) in [4.78, 5) is 24.8. The van der Waals surface area contributed by atoms with E-state index < -0.39 is 0 Å². The van der Waals surface area contributed by atoms with Crippen molar-refractivity contribution in [3.05, 3.63) is 12.7 Å². The van der Waals surface area contributed by atoms with Gasteiger partial charge in [0.15, 0.2) is 0 Å². The van der Waals surface area contributed by atoms with E-state index in [1.807, 2.05) is 20.8 Å². The molecule has 0 aromatic rings. The van der Waals surface area contributed by atoms with Crippen LogP contribution in [0.3, 0.4) is 0 Å². The van der Waals surface area contributed by atoms with E-state index in [4.69, 9.17) is 4.74 Å². The van der Waals surface area contributed by atoms with E-state index in [0.29, 0.717) is 13.2 Å². The lowest BCUT2D eigenvalue weighted by atomic mass is 10.0. The van der Waals surface area contributed by atoms with E-state index in [9.17, 15) is 9.59 Å². The molecule has 17 heavy (non-hydrogen) atoms. The minimum atomic E-state index is -0.326. The summed E-state index contributed by atoms with van der Waals surface area (Å²) in [6.07, 6.45) is 2.01. The molecule has 1 amide bonds. The maximum atomic E-state index is 12.0. The minimum Gasteiger partial charge on any atom is -0.466 e. The Bertz CT molecular complexity index is 279. The zero-order valence-electron chi connectivity index (χ0n) is 11.3. The Morgan fingerprint density at radius 2 is 1.88 bits per heavy atom. The van der Waals surface area contributed by atoms with Crippen molar-refractivity contribution in [3.63, 3.8) is 0 Å². The molecule has 0 atom stereocenters. The molecule has 0 aromatic carbocycles. The van der Waals surface area contributed by atoms with Crippen LogP contribution < -0.4 is 0 Å². The van der Waals surface area contributed by atoms with Crippen LogP contribution in [0.5, 0.6) is 0 Å². The van der Waals surface area contributed by atoms with Gasteiger partial charge in [0.05, 0.1) is 13.0 Å². The van der Waals surface area contributed by atoms with Gasteiger partial charge in [-0.25, -0.2) is 0 Å². The molecule has 4 nitrogen and oxygen atoms in total. The van der Waals surface area contributed by atoms with Crippen LogP contribution in [0.1, 0.15) is 40.5 Å². The van der Waals surface area contributed by atoms with Crippen LogP contribution in [0, 0.1) is 0 Å². The van der Waals surface area contributed by atoms with Gasteiger partial charge in [-0.3, -0.25) is 9.59 Å². The Balaban J connectivity index is 4.34. The predicted molar refractivity (Wildman–Crippen MR) is 67.5 cm³/mol. The molecular weight excluding hydrogens is 218 g/mol. The molecule has 0 aliphatic rings. The second-order valence-corrected chi connectivity index (χ2v) is 4.77. The molecular formula is C13H23NO3. The summed E-state index contributed by atoms with van der Waals surface area (Å²) in [5.74, 6) is -0.376. The summed E-state index contributed by atoms with van der Waals surface area (Å²) in [6.45, 7) is 12.1. The van der Waals surface area contributed by atoms with Crippen LogP contribution in [0.4, 0.5) is 0 Å². The summed E-state index contributed by atoms with van der Waals surface area (Å²) in [6, 6.07) is 0. The molecule has 0 unspecified atom stereocenters. The SMILES string of the molecule is C=CCN(C(=O)CCC(=O)OCC)C(C)(C)C. The third kappa shape index (κ3) is 6.09. The number of amides is 1. The van der Waals surface area contributed by atoms with Crippen LogP contribution in [0.25, 0.3) is 0 Å². The third-order valence-electron chi connectivity index (χ3n) is 2.27. The number of carbonyl (C=O) groups is 2. The van der Waals surface area contributed by atoms with E-state index in [2.05, 4.69) is 6.58 Å². The maximum Gasteiger partial charge on any atom is 0.306 e. The number of rotatable bonds is 6. The highest BCUT2D eigenvalue weighted by atomic mass is 16.5. The molecule has 0 spiro atoms. The van der Waals surface area contributed by atoms with Gasteiger partial charge in [0.25, 0.3) is 0 Å². The quantitative estimate of drug-likeness (QED) is 0.528. The first kappa shape index (κ1) is 15.7. The average Bonchev–Trinajstić information content (AvgIpc) is 2.21. The lowest BCUT2D eigenvalue weighted by molar-refractivity contribution is -0.146. The molecule has 0 rings (SSSR count). The first-order valence-electron chi connectivity index (χ1n) is 5.90. The van der Waals surface area contributed by atoms with Crippen molar-refractivity contribution in [1.82, 2.24) is 4.90 Å². The highest BCUT2D eigenvalue weighted by Crippen LogP contribution is 2.15. The van der Waals surface area contributed by atoms with Gasteiger partial charge in [0.1, 0.15) is 0 Å². The van der Waals surface area contributed by atoms with Crippen LogP contribution in [0.15, 0.2) is 12.7 Å². The van der Waals surface area contributed by atoms with Gasteiger partial charge in [-0.05, 0) is 27.7 Å². The van der Waals surface area contributed by atoms with E-state index in [0.717, 1.165) is 0 Å². The first-order chi connectivity index (χ1) is 7.82. The van der Waals surface area contributed by atoms with E-state index in [1.54, 1.807) is 17.9 Å². The lowest BCUT2D eigenvalue weighted by Gasteiger charge is -2.35. The molecule has 0 aromatic heterocycles. The monoisotopic (exact) mass is 241 g/mol. The number of esters is 1. The van der Waals surface area contributed by atoms with Crippen LogP contribution in [-0.4, -0.2) is 35.5 Å². The fourth-order valence-electron chi connectivity index (χ4n) is 1.46. The molecule has 0 fully saturated rings. The Kier molecular flexibility index (Phi) is 6.54. The van der Waals surface area contributed by atoms with Gasteiger partial charge >= 0.3 is 5.97 Å². The first-order valence-corrected chi connectivity index (χ1v) is 5.90. The third-order valence-corrected chi connectivity index (χ3v) is 2.27. The topological polar surface area (TPSA) is 46.6 Å². The molecule has 0 aliphatic heterocycles. The Labute approximate surface area is 104 Å². The Morgan fingerprint density at radius 3 is 2.29 bits per heavy atom. The number of carbonyl (C=O) groups excluding carboxylic acids is 2. The van der Waals surface area contributed by atoms with Gasteiger partial charge in [0.2, 0.25) is 5.91 Å². The maximum absolute atomic E-state index is 12.0. The number of hydrogen-bond donors (Lipinski definition) is 0. The van der Waals surface area contributed by atoms with Crippen molar-refractivity contribution in [2.75, 3.05) is 13.2 Å². The second-order valence-electron chi connectivity index (χ2n) is 4.77. The lowest BCUT2D eigenvalue weighted by Crippen LogP contribution is -2.45. The van der Waals surface area contributed by atoms with Gasteiger partial charge in [0, 0.05) is 18.5 Å². The van der Waals surface area contributed by atoms with Crippen LogP contribution in [-0.2, 0) is 14.3 Å². The normalized spacial score (nSPS) is 10.8. The van der Waals surface area contributed by atoms with Crippen molar-refractivity contribution >= 4 is 11.9 Å².